The molecule has 4 N–H and O–H groups in total. The van der Waals surface area contributed by atoms with Crippen LogP contribution in [0.3, 0.4) is 0 Å². The fraction of sp³-hybridized carbons (Fsp3) is 0.0789. The molecule has 0 aliphatic carbocycles. The molecule has 1 unspecified atom stereocenters. The van der Waals surface area contributed by atoms with Crippen LogP contribution in [0.25, 0.3) is 55.2 Å². The number of aromatic amines is 2. The number of rotatable bonds is 5. The number of phenolic OH excluding ortho intramolecular Hbond substituents is 2. The van der Waals surface area contributed by atoms with Gasteiger partial charge in [-0.15, -0.1) is 0 Å². The van der Waals surface area contributed by atoms with E-state index >= 15 is 0 Å². The zero-order valence-electron chi connectivity index (χ0n) is 27.5. The third-order valence-corrected chi connectivity index (χ3v) is 8.44. The number of methoxy groups -OCH3 is 1. The topological polar surface area (TPSA) is 158 Å². The van der Waals surface area contributed by atoms with E-state index in [2.05, 4.69) is 19.9 Å². The van der Waals surface area contributed by atoms with Gasteiger partial charge in [0.2, 0.25) is 5.82 Å². The summed E-state index contributed by atoms with van der Waals surface area (Å²) in [6.45, 7) is 1.78. The average Bonchev–Trinajstić information content (AvgIpc) is 3.17. The number of hydrogen-bond acceptors (Lipinski definition) is 8. The van der Waals surface area contributed by atoms with Crippen LogP contribution in [0.2, 0.25) is 0 Å². The number of ether oxygens (including phenoxy) is 1. The quantitative estimate of drug-likeness (QED) is 0.0626. The molecule has 1 atom stereocenters. The van der Waals surface area contributed by atoms with Crippen molar-refractivity contribution in [2.24, 2.45) is 0 Å². The minimum absolute atomic E-state index is 0.0842. The molecular formula is C38H25F5N4O6. The Bertz CT molecular complexity index is 2660. The van der Waals surface area contributed by atoms with Gasteiger partial charge in [-0.1, -0.05) is 42.5 Å². The number of phenols is 2. The summed E-state index contributed by atoms with van der Waals surface area (Å²) in [5, 5.41) is 20.3. The van der Waals surface area contributed by atoms with Crippen LogP contribution >= 0.6 is 0 Å². The third kappa shape index (κ3) is 6.67. The van der Waals surface area contributed by atoms with Gasteiger partial charge in [-0.2, -0.15) is 0 Å². The van der Waals surface area contributed by atoms with E-state index < -0.39 is 57.4 Å². The number of nitrogens with zero attached hydrogens (tertiary/aromatic N) is 2. The van der Waals surface area contributed by atoms with Gasteiger partial charge >= 0.3 is 5.97 Å². The molecule has 268 valence electrons. The Morgan fingerprint density at radius 1 is 0.660 bits per heavy atom. The van der Waals surface area contributed by atoms with E-state index in [4.69, 9.17) is 4.74 Å². The highest BCUT2D eigenvalue weighted by Crippen LogP contribution is 2.38. The Morgan fingerprint density at radius 2 is 1.17 bits per heavy atom. The second-order valence-corrected chi connectivity index (χ2v) is 11.6. The fourth-order valence-corrected chi connectivity index (χ4v) is 5.73. The lowest BCUT2D eigenvalue weighted by atomic mass is 9.89. The molecule has 2 heterocycles. The second kappa shape index (κ2) is 14.4. The molecule has 15 heteroatoms. The first kappa shape index (κ1) is 35.9. The summed E-state index contributed by atoms with van der Waals surface area (Å²) in [6.07, 6.45) is 2.25. The van der Waals surface area contributed by atoms with Crippen molar-refractivity contribution in [3.63, 3.8) is 0 Å². The summed E-state index contributed by atoms with van der Waals surface area (Å²) < 4.78 is 72.1. The summed E-state index contributed by atoms with van der Waals surface area (Å²) >= 11 is 0. The van der Waals surface area contributed by atoms with E-state index in [-0.39, 0.29) is 39.1 Å². The van der Waals surface area contributed by atoms with Gasteiger partial charge in [0.05, 0.1) is 42.0 Å². The van der Waals surface area contributed by atoms with E-state index in [1.54, 1.807) is 19.1 Å². The van der Waals surface area contributed by atoms with Crippen molar-refractivity contribution in [3.05, 3.63) is 141 Å². The number of aromatic nitrogens is 4. The van der Waals surface area contributed by atoms with Crippen LogP contribution in [0, 0.1) is 29.1 Å². The molecule has 0 saturated heterocycles. The van der Waals surface area contributed by atoms with Crippen molar-refractivity contribution in [2.45, 2.75) is 12.8 Å². The van der Waals surface area contributed by atoms with Crippen LogP contribution in [0.5, 0.6) is 11.5 Å². The maximum absolute atomic E-state index is 13.8. The standard InChI is InChI=1S/C24H20N2O4.C14H5F5N2O2/c1-14(24(29)30-2)16-8-9-18(15-6-4-3-5-7-15)19(10-16)17-11-20-22(21(27)12-17)25-13-26-23(20)28;15-8-7(9(16)11(18)12(19)10(8)17)4-1-5-13(6(22)2-4)20-3-21-14(5)23/h3-14,27H,1-2H3,(H,25,26,28);1-3,22H,(H,20,21,23). The first-order chi connectivity index (χ1) is 25.3. The molecule has 7 aromatic rings. The van der Waals surface area contributed by atoms with Gasteiger partial charge in [0, 0.05) is 0 Å². The minimum atomic E-state index is -2.30. The van der Waals surface area contributed by atoms with E-state index in [0.717, 1.165) is 40.7 Å². The average molecular weight is 729 g/mol. The number of fused-ring (bicyclic) bond motifs is 2. The van der Waals surface area contributed by atoms with Crippen LogP contribution in [-0.4, -0.2) is 43.2 Å². The summed E-state index contributed by atoms with van der Waals surface area (Å²) in [5.41, 5.74) is 1.27. The van der Waals surface area contributed by atoms with E-state index in [1.807, 2.05) is 48.5 Å². The molecule has 0 radical (unpaired) electrons. The number of esters is 1. The van der Waals surface area contributed by atoms with Crippen molar-refractivity contribution in [3.8, 4) is 44.9 Å². The maximum atomic E-state index is 13.8. The molecule has 10 nitrogen and oxygen atoms in total. The van der Waals surface area contributed by atoms with E-state index in [1.165, 1.54) is 13.4 Å². The van der Waals surface area contributed by atoms with Gasteiger partial charge in [-0.3, -0.25) is 14.4 Å². The first-order valence-electron chi connectivity index (χ1n) is 15.5. The van der Waals surface area contributed by atoms with Gasteiger partial charge in [-0.25, -0.2) is 31.9 Å². The number of nitrogens with one attached hydrogen (secondary N) is 2. The molecule has 0 bridgehead atoms. The molecule has 0 aliphatic rings. The minimum Gasteiger partial charge on any atom is -0.506 e. The molecule has 53 heavy (non-hydrogen) atoms. The lowest BCUT2D eigenvalue weighted by Crippen LogP contribution is -2.11. The van der Waals surface area contributed by atoms with Crippen molar-refractivity contribution in [1.29, 1.82) is 0 Å². The van der Waals surface area contributed by atoms with Crippen LogP contribution < -0.4 is 11.1 Å². The summed E-state index contributed by atoms with van der Waals surface area (Å²) in [5.74, 6) is -12.2. The third-order valence-electron chi connectivity index (χ3n) is 8.44. The number of carbonyl (C=O) groups excluding carboxylic acids is 1. The van der Waals surface area contributed by atoms with Gasteiger partial charge in [0.25, 0.3) is 11.1 Å². The fourth-order valence-electron chi connectivity index (χ4n) is 5.73. The summed E-state index contributed by atoms with van der Waals surface area (Å²) in [4.78, 5) is 48.5. The van der Waals surface area contributed by atoms with Gasteiger partial charge in [-0.05, 0) is 70.6 Å². The predicted octanol–water partition coefficient (Wildman–Crippen LogP) is 7.23. The number of aromatic hydroxyl groups is 2. The first-order valence-corrected chi connectivity index (χ1v) is 15.5. The Morgan fingerprint density at radius 3 is 1.72 bits per heavy atom. The largest absolute Gasteiger partial charge is 0.506 e. The summed E-state index contributed by atoms with van der Waals surface area (Å²) in [7, 11) is 1.36. The Hall–Kier alpha value is -6.90. The molecule has 7 rings (SSSR count). The van der Waals surface area contributed by atoms with Crippen LogP contribution in [0.4, 0.5) is 22.0 Å². The number of halogens is 5. The molecule has 2 aromatic heterocycles. The van der Waals surface area contributed by atoms with Crippen molar-refractivity contribution in [2.75, 3.05) is 7.11 Å². The maximum Gasteiger partial charge on any atom is 0.312 e. The Kier molecular flexibility index (Phi) is 9.74. The number of carbonyl (C=O) groups is 1. The number of benzene rings is 5. The zero-order valence-corrected chi connectivity index (χ0v) is 27.5. The molecule has 0 fully saturated rings. The van der Waals surface area contributed by atoms with Crippen LogP contribution in [-0.2, 0) is 9.53 Å². The molecule has 0 spiro atoms. The lowest BCUT2D eigenvalue weighted by molar-refractivity contribution is -0.142. The highest BCUT2D eigenvalue weighted by atomic mass is 19.2. The zero-order chi connectivity index (χ0) is 38.1. The monoisotopic (exact) mass is 728 g/mol. The van der Waals surface area contributed by atoms with Crippen molar-refractivity contribution < 1.29 is 41.7 Å². The normalized spacial score (nSPS) is 11.6. The SMILES string of the molecule is COC(=O)C(C)c1ccc(-c2ccccc2)c(-c2cc(O)c3nc[nH]c(=O)c3c2)c1.O=c1[nH]cnc2c(O)cc(-c3c(F)c(F)c(F)c(F)c3F)cc12. The smallest absolute Gasteiger partial charge is 0.312 e. The Labute approximate surface area is 294 Å². The predicted molar refractivity (Wildman–Crippen MR) is 185 cm³/mol. The second-order valence-electron chi connectivity index (χ2n) is 11.6. The number of H-pyrrole nitrogens is 2. The highest BCUT2D eigenvalue weighted by molar-refractivity contribution is 5.93. The highest BCUT2D eigenvalue weighted by Gasteiger charge is 2.27. The van der Waals surface area contributed by atoms with Gasteiger partial charge in [0.15, 0.2) is 23.3 Å². The molecule has 0 saturated carbocycles. The van der Waals surface area contributed by atoms with Crippen molar-refractivity contribution in [1.82, 2.24) is 19.9 Å². The molecular weight excluding hydrogens is 703 g/mol. The van der Waals surface area contributed by atoms with Gasteiger partial charge < -0.3 is 24.9 Å². The lowest BCUT2D eigenvalue weighted by Gasteiger charge is -2.16. The molecule has 5 aromatic carbocycles. The van der Waals surface area contributed by atoms with Crippen LogP contribution in [0.1, 0.15) is 18.4 Å². The Balaban J connectivity index is 0.000000188. The summed E-state index contributed by atoms with van der Waals surface area (Å²) in [6, 6.07) is 20.4. The van der Waals surface area contributed by atoms with E-state index in [9.17, 15) is 46.5 Å². The van der Waals surface area contributed by atoms with E-state index in [0.29, 0.717) is 5.56 Å². The van der Waals surface area contributed by atoms with Gasteiger partial charge in [0.1, 0.15) is 22.5 Å². The number of hydrogen-bond donors (Lipinski definition) is 4. The van der Waals surface area contributed by atoms with Crippen LogP contribution in [0.15, 0.2) is 95.0 Å². The molecule has 0 amide bonds. The van der Waals surface area contributed by atoms with Crippen molar-refractivity contribution >= 4 is 27.8 Å². The molecule has 0 aliphatic heterocycles.